The first-order valence-electron chi connectivity index (χ1n) is 7.04. The molecule has 4 heteroatoms. The highest BCUT2D eigenvalue weighted by Gasteiger charge is 2.21. The van der Waals surface area contributed by atoms with Gasteiger partial charge in [-0.15, -0.1) is 0 Å². The van der Waals surface area contributed by atoms with Crippen molar-refractivity contribution in [3.05, 3.63) is 64.7 Å². The van der Waals surface area contributed by atoms with E-state index >= 15 is 0 Å². The Bertz CT molecular complexity index is 657. The topological polar surface area (TPSA) is 21.3 Å². The molecule has 3 rings (SSSR count). The van der Waals surface area contributed by atoms with Crippen LogP contribution in [0.1, 0.15) is 29.2 Å². The first kappa shape index (κ1) is 14.0. The summed E-state index contributed by atoms with van der Waals surface area (Å²) < 4.78 is 32.1. The van der Waals surface area contributed by atoms with Crippen LogP contribution in [-0.4, -0.2) is 6.61 Å². The molecular weight excluding hydrogens is 272 g/mol. The molecule has 0 saturated heterocycles. The lowest BCUT2D eigenvalue weighted by Gasteiger charge is -2.27. The molecule has 2 aromatic rings. The van der Waals surface area contributed by atoms with Crippen molar-refractivity contribution in [1.29, 1.82) is 0 Å². The molecule has 0 saturated carbocycles. The van der Waals surface area contributed by atoms with Gasteiger partial charge in [-0.25, -0.2) is 8.78 Å². The molecule has 1 atom stereocenters. The Kier molecular flexibility index (Phi) is 3.88. The average molecular weight is 289 g/mol. The van der Waals surface area contributed by atoms with E-state index in [-0.39, 0.29) is 17.7 Å². The van der Waals surface area contributed by atoms with E-state index in [1.807, 2.05) is 6.92 Å². The minimum absolute atomic E-state index is 0.0499. The van der Waals surface area contributed by atoms with Crippen LogP contribution in [0.2, 0.25) is 0 Å². The second-order valence-electron chi connectivity index (χ2n) is 5.32. The van der Waals surface area contributed by atoms with Crippen LogP contribution < -0.4 is 10.1 Å². The van der Waals surface area contributed by atoms with Crippen molar-refractivity contribution in [2.45, 2.75) is 25.9 Å². The maximum Gasteiger partial charge on any atom is 0.124 e. The quantitative estimate of drug-likeness (QED) is 0.925. The standard InChI is InChI=1S/C17H17F2NO/c1-11-8-13(18)3-2-12(11)10-20-16-6-7-21-17-5-4-14(19)9-15(16)17/h2-5,8-9,16,20H,6-7,10H2,1H3. The van der Waals surface area contributed by atoms with Gasteiger partial charge in [-0.1, -0.05) is 6.07 Å². The Morgan fingerprint density at radius 3 is 2.71 bits per heavy atom. The smallest absolute Gasteiger partial charge is 0.124 e. The molecule has 2 aromatic carbocycles. The van der Waals surface area contributed by atoms with Crippen molar-refractivity contribution < 1.29 is 13.5 Å². The summed E-state index contributed by atoms with van der Waals surface area (Å²) in [6, 6.07) is 9.41. The van der Waals surface area contributed by atoms with Gasteiger partial charge in [-0.2, -0.15) is 0 Å². The van der Waals surface area contributed by atoms with Crippen molar-refractivity contribution in [1.82, 2.24) is 5.32 Å². The Hall–Kier alpha value is -1.94. The fraction of sp³-hybridized carbons (Fsp3) is 0.294. The van der Waals surface area contributed by atoms with Gasteiger partial charge in [0, 0.05) is 24.6 Å². The molecule has 110 valence electrons. The van der Waals surface area contributed by atoms with E-state index in [0.29, 0.717) is 13.2 Å². The molecule has 0 spiro atoms. The number of halogens is 2. The number of hydrogen-bond donors (Lipinski definition) is 1. The maximum atomic E-state index is 13.4. The van der Waals surface area contributed by atoms with Crippen molar-refractivity contribution in [2.24, 2.45) is 0 Å². The van der Waals surface area contributed by atoms with Crippen LogP contribution in [0.25, 0.3) is 0 Å². The molecule has 1 unspecified atom stereocenters. The summed E-state index contributed by atoms with van der Waals surface area (Å²) in [7, 11) is 0. The van der Waals surface area contributed by atoms with Gasteiger partial charge < -0.3 is 10.1 Å². The summed E-state index contributed by atoms with van der Waals surface area (Å²) in [4.78, 5) is 0. The lowest BCUT2D eigenvalue weighted by molar-refractivity contribution is 0.251. The number of fused-ring (bicyclic) bond motifs is 1. The third kappa shape index (κ3) is 3.05. The highest BCUT2D eigenvalue weighted by molar-refractivity contribution is 5.38. The van der Waals surface area contributed by atoms with Crippen LogP contribution in [0.5, 0.6) is 5.75 Å². The predicted molar refractivity (Wildman–Crippen MR) is 77.2 cm³/mol. The molecule has 0 radical (unpaired) electrons. The minimum atomic E-state index is -0.260. The van der Waals surface area contributed by atoms with E-state index < -0.39 is 0 Å². The zero-order chi connectivity index (χ0) is 14.8. The summed E-state index contributed by atoms with van der Waals surface area (Å²) >= 11 is 0. The average Bonchev–Trinajstić information content (AvgIpc) is 2.46. The molecule has 0 bridgehead atoms. The van der Waals surface area contributed by atoms with Gasteiger partial charge in [0.2, 0.25) is 0 Å². The molecule has 1 heterocycles. The number of hydrogen-bond acceptors (Lipinski definition) is 2. The van der Waals surface area contributed by atoms with Crippen LogP contribution in [0.3, 0.4) is 0 Å². The van der Waals surface area contributed by atoms with E-state index in [0.717, 1.165) is 28.9 Å². The highest BCUT2D eigenvalue weighted by Crippen LogP contribution is 2.32. The number of nitrogens with one attached hydrogen (secondary N) is 1. The van der Waals surface area contributed by atoms with Gasteiger partial charge in [-0.3, -0.25) is 0 Å². The van der Waals surface area contributed by atoms with Gasteiger partial charge in [0.25, 0.3) is 0 Å². The molecule has 0 aliphatic carbocycles. The normalized spacial score (nSPS) is 17.2. The zero-order valence-electron chi connectivity index (χ0n) is 11.8. The first-order valence-corrected chi connectivity index (χ1v) is 7.04. The SMILES string of the molecule is Cc1cc(F)ccc1CNC1CCOc2ccc(F)cc21. The molecular formula is C17H17F2NO. The number of rotatable bonds is 3. The van der Waals surface area contributed by atoms with Crippen LogP contribution in [0, 0.1) is 18.6 Å². The molecule has 21 heavy (non-hydrogen) atoms. The van der Waals surface area contributed by atoms with Crippen molar-refractivity contribution in [3.63, 3.8) is 0 Å². The van der Waals surface area contributed by atoms with Gasteiger partial charge in [-0.05, 0) is 48.4 Å². The maximum absolute atomic E-state index is 13.4. The highest BCUT2D eigenvalue weighted by atomic mass is 19.1. The molecule has 2 nitrogen and oxygen atoms in total. The molecule has 1 aliphatic heterocycles. The van der Waals surface area contributed by atoms with E-state index in [2.05, 4.69) is 5.32 Å². The first-order chi connectivity index (χ1) is 10.1. The fourth-order valence-electron chi connectivity index (χ4n) is 2.67. The Morgan fingerprint density at radius 2 is 1.90 bits per heavy atom. The van der Waals surface area contributed by atoms with Gasteiger partial charge in [0.05, 0.1) is 6.61 Å². The monoisotopic (exact) mass is 289 g/mol. The number of aryl methyl sites for hydroxylation is 1. The van der Waals surface area contributed by atoms with Crippen LogP contribution in [0.15, 0.2) is 36.4 Å². The van der Waals surface area contributed by atoms with Crippen molar-refractivity contribution >= 4 is 0 Å². The summed E-state index contributed by atoms with van der Waals surface area (Å²) in [6.07, 6.45) is 0.788. The van der Waals surface area contributed by atoms with E-state index in [1.54, 1.807) is 12.1 Å². The minimum Gasteiger partial charge on any atom is -0.493 e. The van der Waals surface area contributed by atoms with Gasteiger partial charge in [0.15, 0.2) is 0 Å². The Labute approximate surface area is 122 Å². The molecule has 0 aromatic heterocycles. The van der Waals surface area contributed by atoms with Crippen molar-refractivity contribution in [2.75, 3.05) is 6.61 Å². The second-order valence-corrected chi connectivity index (χ2v) is 5.32. The van der Waals surface area contributed by atoms with Crippen LogP contribution in [-0.2, 0) is 6.54 Å². The summed E-state index contributed by atoms with van der Waals surface area (Å²) in [6.45, 7) is 3.11. The summed E-state index contributed by atoms with van der Waals surface area (Å²) in [5.74, 6) is 0.245. The Balaban J connectivity index is 1.76. The third-order valence-corrected chi connectivity index (χ3v) is 3.85. The Morgan fingerprint density at radius 1 is 1.14 bits per heavy atom. The van der Waals surface area contributed by atoms with Crippen molar-refractivity contribution in [3.8, 4) is 5.75 Å². The molecule has 1 aliphatic rings. The fourth-order valence-corrected chi connectivity index (χ4v) is 2.67. The van der Waals surface area contributed by atoms with Crippen LogP contribution in [0.4, 0.5) is 8.78 Å². The lowest BCUT2D eigenvalue weighted by atomic mass is 9.99. The van der Waals surface area contributed by atoms with Gasteiger partial charge >= 0.3 is 0 Å². The molecule has 0 fully saturated rings. The second kappa shape index (κ2) is 5.82. The van der Waals surface area contributed by atoms with E-state index in [4.69, 9.17) is 4.74 Å². The van der Waals surface area contributed by atoms with Gasteiger partial charge in [0.1, 0.15) is 17.4 Å². The van der Waals surface area contributed by atoms with E-state index in [1.165, 1.54) is 24.3 Å². The summed E-state index contributed by atoms with van der Waals surface area (Å²) in [5.41, 5.74) is 2.80. The van der Waals surface area contributed by atoms with Crippen LogP contribution >= 0.6 is 0 Å². The molecule has 0 amide bonds. The zero-order valence-corrected chi connectivity index (χ0v) is 11.8. The lowest BCUT2D eigenvalue weighted by Crippen LogP contribution is -2.27. The number of benzene rings is 2. The number of ether oxygens (including phenoxy) is 1. The van der Waals surface area contributed by atoms with E-state index in [9.17, 15) is 8.78 Å². The largest absolute Gasteiger partial charge is 0.493 e. The molecule has 1 N–H and O–H groups in total. The third-order valence-electron chi connectivity index (χ3n) is 3.85. The summed E-state index contributed by atoms with van der Waals surface area (Å²) in [5, 5.41) is 3.41. The predicted octanol–water partition coefficient (Wildman–Crippen LogP) is 3.89.